The lowest BCUT2D eigenvalue weighted by atomic mass is 9.92. The molecule has 1 fully saturated rings. The maximum absolute atomic E-state index is 13.2. The maximum atomic E-state index is 13.2. The summed E-state index contributed by atoms with van der Waals surface area (Å²) in [7, 11) is 0. The van der Waals surface area contributed by atoms with Gasteiger partial charge < -0.3 is 15.7 Å². The molecule has 2 aromatic carbocycles. The van der Waals surface area contributed by atoms with Crippen molar-refractivity contribution in [2.24, 2.45) is 0 Å². The molecule has 0 spiro atoms. The maximum Gasteiger partial charge on any atom is 0.330 e. The Balaban J connectivity index is 1.75. The fourth-order valence-corrected chi connectivity index (χ4v) is 3.10. The number of carbonyl (C=O) groups excluding carboxylic acids is 3. The molecule has 1 aliphatic heterocycles. The summed E-state index contributed by atoms with van der Waals surface area (Å²) < 4.78 is 13.2. The molecular formula is C20H18FN3O5. The molecule has 3 rings (SSSR count). The number of nitrogens with zero attached hydrogens (tertiary/aromatic N) is 1. The molecule has 4 amide bonds. The Morgan fingerprint density at radius 1 is 1.14 bits per heavy atom. The summed E-state index contributed by atoms with van der Waals surface area (Å²) in [6.07, 6.45) is 0. The van der Waals surface area contributed by atoms with E-state index in [4.69, 9.17) is 0 Å². The van der Waals surface area contributed by atoms with Crippen LogP contribution in [0.4, 0.5) is 9.18 Å². The van der Waals surface area contributed by atoms with Crippen molar-refractivity contribution in [1.82, 2.24) is 15.5 Å². The van der Waals surface area contributed by atoms with Crippen LogP contribution in [0.25, 0.3) is 0 Å². The number of halogens is 1. The second-order valence-corrected chi connectivity index (χ2v) is 6.70. The van der Waals surface area contributed by atoms with Gasteiger partial charge >= 0.3 is 12.0 Å². The third-order valence-electron chi connectivity index (χ3n) is 4.68. The average Bonchev–Trinajstić information content (AvgIpc) is 2.91. The van der Waals surface area contributed by atoms with E-state index in [1.165, 1.54) is 19.1 Å². The van der Waals surface area contributed by atoms with Gasteiger partial charge in [-0.2, -0.15) is 0 Å². The van der Waals surface area contributed by atoms with E-state index in [1.54, 1.807) is 30.3 Å². The number of imide groups is 1. The van der Waals surface area contributed by atoms with Gasteiger partial charge in [0.2, 0.25) is 5.91 Å². The molecule has 0 aliphatic carbocycles. The lowest BCUT2D eigenvalue weighted by Crippen LogP contribution is -2.44. The summed E-state index contributed by atoms with van der Waals surface area (Å²) in [6, 6.07) is 11.0. The van der Waals surface area contributed by atoms with E-state index in [9.17, 15) is 28.7 Å². The predicted molar refractivity (Wildman–Crippen MR) is 99.0 cm³/mol. The Kier molecular flexibility index (Phi) is 5.31. The summed E-state index contributed by atoms with van der Waals surface area (Å²) in [5.74, 6) is -3.28. The summed E-state index contributed by atoms with van der Waals surface area (Å²) in [5, 5.41) is 14.2. The first-order valence-corrected chi connectivity index (χ1v) is 8.69. The lowest BCUT2D eigenvalue weighted by molar-refractivity contribution is -0.142. The first-order valence-electron chi connectivity index (χ1n) is 8.69. The van der Waals surface area contributed by atoms with Crippen LogP contribution >= 0.6 is 0 Å². The van der Waals surface area contributed by atoms with Gasteiger partial charge in [0.15, 0.2) is 6.04 Å². The van der Waals surface area contributed by atoms with E-state index in [2.05, 4.69) is 10.6 Å². The highest BCUT2D eigenvalue weighted by Crippen LogP contribution is 2.28. The van der Waals surface area contributed by atoms with Crippen LogP contribution in [-0.4, -0.2) is 40.4 Å². The van der Waals surface area contributed by atoms with Crippen LogP contribution in [0.5, 0.6) is 0 Å². The smallest absolute Gasteiger partial charge is 0.330 e. The van der Waals surface area contributed by atoms with Gasteiger partial charge in [0.25, 0.3) is 5.91 Å². The largest absolute Gasteiger partial charge is 0.479 e. The number of amides is 4. The number of hydrogen-bond acceptors (Lipinski definition) is 4. The number of hydrogen-bond donors (Lipinski definition) is 3. The van der Waals surface area contributed by atoms with Crippen molar-refractivity contribution in [3.63, 3.8) is 0 Å². The standard InChI is InChI=1S/C20H18FN3O5/c1-20(13-7-9-14(21)10-8-13)18(28)24(19(29)23-20)11-15(25)22-16(17(26)27)12-5-3-2-4-6-12/h2-10,16H,11H2,1H3,(H,22,25)(H,23,29)(H,26,27)/t16-,20+/m0/s1. The molecule has 150 valence electrons. The Labute approximate surface area is 165 Å². The van der Waals surface area contributed by atoms with Gasteiger partial charge in [-0.1, -0.05) is 42.5 Å². The quantitative estimate of drug-likeness (QED) is 0.637. The molecule has 2 atom stereocenters. The van der Waals surface area contributed by atoms with Crippen molar-refractivity contribution in [3.8, 4) is 0 Å². The molecular weight excluding hydrogens is 381 g/mol. The topological polar surface area (TPSA) is 116 Å². The molecule has 1 heterocycles. The summed E-state index contributed by atoms with van der Waals surface area (Å²) >= 11 is 0. The molecule has 3 N–H and O–H groups in total. The predicted octanol–water partition coefficient (Wildman–Crippen LogP) is 1.53. The monoisotopic (exact) mass is 399 g/mol. The highest BCUT2D eigenvalue weighted by atomic mass is 19.1. The number of rotatable bonds is 6. The first-order chi connectivity index (χ1) is 13.7. The normalized spacial score (nSPS) is 19.6. The van der Waals surface area contributed by atoms with Gasteiger partial charge in [0, 0.05) is 0 Å². The molecule has 0 bridgehead atoms. The van der Waals surface area contributed by atoms with Gasteiger partial charge in [-0.05, 0) is 30.2 Å². The Bertz CT molecular complexity index is 964. The van der Waals surface area contributed by atoms with Crippen LogP contribution in [0, 0.1) is 5.82 Å². The molecule has 29 heavy (non-hydrogen) atoms. The molecule has 0 radical (unpaired) electrons. The second kappa shape index (κ2) is 7.70. The summed E-state index contributed by atoms with van der Waals surface area (Å²) in [6.45, 7) is 0.792. The average molecular weight is 399 g/mol. The van der Waals surface area contributed by atoms with Crippen molar-refractivity contribution in [3.05, 3.63) is 71.5 Å². The van der Waals surface area contributed by atoms with Gasteiger partial charge in [0.1, 0.15) is 17.9 Å². The van der Waals surface area contributed by atoms with Crippen LogP contribution in [0.1, 0.15) is 24.1 Å². The highest BCUT2D eigenvalue weighted by molar-refractivity contribution is 6.09. The number of urea groups is 1. The molecule has 0 saturated carbocycles. The molecule has 9 heteroatoms. The Morgan fingerprint density at radius 2 is 1.76 bits per heavy atom. The molecule has 0 unspecified atom stereocenters. The molecule has 2 aromatic rings. The zero-order valence-corrected chi connectivity index (χ0v) is 15.4. The Hall–Kier alpha value is -3.75. The minimum absolute atomic E-state index is 0.349. The number of nitrogens with one attached hydrogen (secondary N) is 2. The van der Waals surface area contributed by atoms with Gasteiger partial charge in [-0.15, -0.1) is 0 Å². The number of carboxylic acids is 1. The summed E-state index contributed by atoms with van der Waals surface area (Å²) in [4.78, 5) is 49.7. The van der Waals surface area contributed by atoms with Crippen LogP contribution in [0.15, 0.2) is 54.6 Å². The Morgan fingerprint density at radius 3 is 2.34 bits per heavy atom. The van der Waals surface area contributed by atoms with E-state index in [-0.39, 0.29) is 0 Å². The number of carbonyl (C=O) groups is 4. The third-order valence-corrected chi connectivity index (χ3v) is 4.68. The second-order valence-electron chi connectivity index (χ2n) is 6.70. The third kappa shape index (κ3) is 3.93. The van der Waals surface area contributed by atoms with Crippen molar-refractivity contribution >= 4 is 23.8 Å². The van der Waals surface area contributed by atoms with Gasteiger partial charge in [0.05, 0.1) is 0 Å². The number of carboxylic acid groups (broad SMARTS) is 1. The zero-order chi connectivity index (χ0) is 21.2. The molecule has 8 nitrogen and oxygen atoms in total. The zero-order valence-electron chi connectivity index (χ0n) is 15.4. The molecule has 1 saturated heterocycles. The van der Waals surface area contributed by atoms with Crippen LogP contribution in [0.3, 0.4) is 0 Å². The van der Waals surface area contributed by atoms with Gasteiger partial charge in [-0.3, -0.25) is 14.5 Å². The van der Waals surface area contributed by atoms with Crippen molar-refractivity contribution in [2.45, 2.75) is 18.5 Å². The minimum Gasteiger partial charge on any atom is -0.479 e. The first kappa shape index (κ1) is 20.0. The fourth-order valence-electron chi connectivity index (χ4n) is 3.10. The highest BCUT2D eigenvalue weighted by Gasteiger charge is 2.49. The van der Waals surface area contributed by atoms with Crippen LogP contribution in [-0.2, 0) is 19.9 Å². The van der Waals surface area contributed by atoms with E-state index in [1.807, 2.05) is 0 Å². The van der Waals surface area contributed by atoms with Gasteiger partial charge in [-0.25, -0.2) is 14.0 Å². The van der Waals surface area contributed by atoms with Crippen molar-refractivity contribution in [2.75, 3.05) is 6.54 Å². The lowest BCUT2D eigenvalue weighted by Gasteiger charge is -2.22. The van der Waals surface area contributed by atoms with Crippen LogP contribution in [0.2, 0.25) is 0 Å². The van der Waals surface area contributed by atoms with E-state index < -0.39 is 47.8 Å². The minimum atomic E-state index is -1.46. The number of aliphatic carboxylic acids is 1. The fraction of sp³-hybridized carbons (Fsp3) is 0.200. The van der Waals surface area contributed by atoms with Crippen molar-refractivity contribution < 1.29 is 28.7 Å². The SMILES string of the molecule is C[C@]1(c2ccc(F)cc2)NC(=O)N(CC(=O)N[C@H](C(=O)O)c2ccccc2)C1=O. The number of benzene rings is 2. The van der Waals surface area contributed by atoms with Crippen LogP contribution < -0.4 is 10.6 Å². The van der Waals surface area contributed by atoms with E-state index >= 15 is 0 Å². The van der Waals surface area contributed by atoms with E-state index in [0.717, 1.165) is 12.1 Å². The van der Waals surface area contributed by atoms with E-state index in [0.29, 0.717) is 16.0 Å². The summed E-state index contributed by atoms with van der Waals surface area (Å²) in [5.41, 5.74) is -0.758. The molecule has 0 aromatic heterocycles. The molecule has 1 aliphatic rings. The van der Waals surface area contributed by atoms with Crippen molar-refractivity contribution in [1.29, 1.82) is 0 Å².